The van der Waals surface area contributed by atoms with E-state index in [-0.39, 0.29) is 12.5 Å². The maximum absolute atomic E-state index is 11.2. The van der Waals surface area contributed by atoms with Gasteiger partial charge in [0.25, 0.3) is 0 Å². The first kappa shape index (κ1) is 12.5. The fourth-order valence-electron chi connectivity index (χ4n) is 2.20. The Morgan fingerprint density at radius 1 is 1.60 bits per heavy atom. The average Bonchev–Trinajstić information content (AvgIpc) is 2.18. The van der Waals surface area contributed by atoms with Crippen molar-refractivity contribution in [2.24, 2.45) is 5.92 Å². The summed E-state index contributed by atoms with van der Waals surface area (Å²) in [5.41, 5.74) is 0. The van der Waals surface area contributed by atoms with E-state index in [0.717, 1.165) is 32.6 Å². The summed E-state index contributed by atoms with van der Waals surface area (Å²) in [4.78, 5) is 15.3. The van der Waals surface area contributed by atoms with Gasteiger partial charge in [-0.15, -0.1) is 0 Å². The summed E-state index contributed by atoms with van der Waals surface area (Å²) in [6.07, 6.45) is 2.30. The van der Waals surface area contributed by atoms with Gasteiger partial charge in [-0.25, -0.2) is 0 Å². The van der Waals surface area contributed by atoms with Gasteiger partial charge in [0.1, 0.15) is 0 Å². The summed E-state index contributed by atoms with van der Waals surface area (Å²) in [6, 6.07) is 0. The number of amides is 1. The Bertz CT molecular complexity index is 209. The van der Waals surface area contributed by atoms with Gasteiger partial charge in [0.15, 0.2) is 0 Å². The van der Waals surface area contributed by atoms with Crippen molar-refractivity contribution in [3.63, 3.8) is 0 Å². The molecule has 4 nitrogen and oxygen atoms in total. The number of hydrogen-bond donors (Lipinski definition) is 1. The number of nitrogens with zero attached hydrogens (tertiary/aromatic N) is 2. The number of aliphatic hydroxyl groups excluding tert-OH is 1. The van der Waals surface area contributed by atoms with Crippen LogP contribution < -0.4 is 0 Å². The fraction of sp³-hybridized carbons (Fsp3) is 0.909. The van der Waals surface area contributed by atoms with E-state index >= 15 is 0 Å². The lowest BCUT2D eigenvalue weighted by atomic mass is 9.97. The van der Waals surface area contributed by atoms with E-state index in [2.05, 4.69) is 4.90 Å². The highest BCUT2D eigenvalue weighted by Gasteiger charge is 2.22. The van der Waals surface area contributed by atoms with Gasteiger partial charge in [-0.3, -0.25) is 4.79 Å². The average molecular weight is 214 g/mol. The summed E-state index contributed by atoms with van der Waals surface area (Å²) < 4.78 is 0. The van der Waals surface area contributed by atoms with Crippen LogP contribution in [-0.4, -0.2) is 60.6 Å². The van der Waals surface area contributed by atoms with Crippen LogP contribution in [0.5, 0.6) is 0 Å². The fourth-order valence-corrected chi connectivity index (χ4v) is 2.20. The lowest BCUT2D eigenvalue weighted by Crippen LogP contribution is -2.42. The number of piperidine rings is 1. The standard InChI is InChI=1S/C11H22N2O2/c1-10(15)13-5-3-4-11(9-13)8-12(2)6-7-14/h11,14H,3-9H2,1-2H3/t11-/m0/s1. The molecule has 1 atom stereocenters. The third-order valence-corrected chi connectivity index (χ3v) is 3.02. The van der Waals surface area contributed by atoms with Gasteiger partial charge in [-0.1, -0.05) is 0 Å². The van der Waals surface area contributed by atoms with E-state index in [9.17, 15) is 4.79 Å². The van der Waals surface area contributed by atoms with Crippen LogP contribution in [-0.2, 0) is 4.79 Å². The van der Waals surface area contributed by atoms with Gasteiger partial charge < -0.3 is 14.9 Å². The first-order chi connectivity index (χ1) is 7.13. The van der Waals surface area contributed by atoms with Crippen molar-refractivity contribution in [2.45, 2.75) is 19.8 Å². The van der Waals surface area contributed by atoms with Crippen molar-refractivity contribution >= 4 is 5.91 Å². The smallest absolute Gasteiger partial charge is 0.219 e. The molecule has 0 unspecified atom stereocenters. The zero-order chi connectivity index (χ0) is 11.3. The Hall–Kier alpha value is -0.610. The van der Waals surface area contributed by atoms with Gasteiger partial charge in [0, 0.05) is 33.1 Å². The second-order valence-electron chi connectivity index (χ2n) is 4.46. The summed E-state index contributed by atoms with van der Waals surface area (Å²) in [5, 5.41) is 8.80. The number of hydrogen-bond acceptors (Lipinski definition) is 3. The normalized spacial score (nSPS) is 22.1. The Morgan fingerprint density at radius 2 is 2.33 bits per heavy atom. The van der Waals surface area contributed by atoms with Crippen LogP contribution in [0.2, 0.25) is 0 Å². The first-order valence-corrected chi connectivity index (χ1v) is 5.68. The SMILES string of the molecule is CC(=O)N1CCC[C@@H](CN(C)CCO)C1. The molecular formula is C11H22N2O2. The van der Waals surface area contributed by atoms with Gasteiger partial charge in [-0.05, 0) is 25.8 Å². The Labute approximate surface area is 91.9 Å². The minimum atomic E-state index is 0.185. The molecule has 1 saturated heterocycles. The van der Waals surface area contributed by atoms with Crippen molar-refractivity contribution in [1.82, 2.24) is 9.80 Å². The first-order valence-electron chi connectivity index (χ1n) is 5.68. The lowest BCUT2D eigenvalue weighted by molar-refractivity contribution is -0.130. The van der Waals surface area contributed by atoms with E-state index in [4.69, 9.17) is 5.11 Å². The van der Waals surface area contributed by atoms with Crippen LogP contribution in [0.4, 0.5) is 0 Å². The van der Waals surface area contributed by atoms with E-state index < -0.39 is 0 Å². The topological polar surface area (TPSA) is 43.8 Å². The van der Waals surface area contributed by atoms with E-state index in [1.807, 2.05) is 11.9 Å². The number of carbonyl (C=O) groups excluding carboxylic acids is 1. The van der Waals surface area contributed by atoms with Crippen LogP contribution in [0.3, 0.4) is 0 Å². The Balaban J connectivity index is 2.32. The molecular weight excluding hydrogens is 192 g/mol. The molecule has 88 valence electrons. The molecule has 0 aromatic rings. The molecule has 15 heavy (non-hydrogen) atoms. The molecule has 1 N–H and O–H groups in total. The third-order valence-electron chi connectivity index (χ3n) is 3.02. The molecule has 0 bridgehead atoms. The van der Waals surface area contributed by atoms with E-state index in [0.29, 0.717) is 5.92 Å². The van der Waals surface area contributed by atoms with E-state index in [1.54, 1.807) is 6.92 Å². The number of rotatable bonds is 4. The molecule has 1 fully saturated rings. The van der Waals surface area contributed by atoms with Gasteiger partial charge in [0.2, 0.25) is 5.91 Å². The molecule has 1 amide bonds. The predicted molar refractivity (Wildman–Crippen MR) is 59.6 cm³/mol. The maximum atomic E-state index is 11.2. The zero-order valence-corrected chi connectivity index (χ0v) is 9.78. The minimum Gasteiger partial charge on any atom is -0.395 e. The van der Waals surface area contributed by atoms with Crippen molar-refractivity contribution in [3.8, 4) is 0 Å². The molecule has 1 aliphatic rings. The summed E-state index contributed by atoms with van der Waals surface area (Å²) in [7, 11) is 2.02. The highest BCUT2D eigenvalue weighted by atomic mass is 16.3. The summed E-state index contributed by atoms with van der Waals surface area (Å²) in [5.74, 6) is 0.753. The molecule has 0 aromatic heterocycles. The number of carbonyl (C=O) groups is 1. The van der Waals surface area contributed by atoms with Crippen LogP contribution in [0.15, 0.2) is 0 Å². The molecule has 4 heteroatoms. The van der Waals surface area contributed by atoms with Crippen LogP contribution in [0, 0.1) is 5.92 Å². The zero-order valence-electron chi connectivity index (χ0n) is 9.78. The number of likely N-dealkylation sites (N-methyl/N-ethyl adjacent to an activating group) is 1. The quantitative estimate of drug-likeness (QED) is 0.725. The van der Waals surface area contributed by atoms with Crippen LogP contribution in [0.1, 0.15) is 19.8 Å². The predicted octanol–water partition coefficient (Wildman–Crippen LogP) is 0.169. The van der Waals surface area contributed by atoms with Gasteiger partial charge >= 0.3 is 0 Å². The number of likely N-dealkylation sites (tertiary alicyclic amines) is 1. The lowest BCUT2D eigenvalue weighted by Gasteiger charge is -2.34. The number of aliphatic hydroxyl groups is 1. The molecule has 0 aliphatic carbocycles. The van der Waals surface area contributed by atoms with E-state index in [1.165, 1.54) is 6.42 Å². The summed E-state index contributed by atoms with van der Waals surface area (Å²) >= 11 is 0. The monoisotopic (exact) mass is 214 g/mol. The van der Waals surface area contributed by atoms with Gasteiger partial charge in [0.05, 0.1) is 6.61 Å². The molecule has 1 aliphatic heterocycles. The second-order valence-corrected chi connectivity index (χ2v) is 4.46. The van der Waals surface area contributed by atoms with Crippen LogP contribution in [0.25, 0.3) is 0 Å². The van der Waals surface area contributed by atoms with Crippen molar-refractivity contribution in [2.75, 3.05) is 39.8 Å². The third kappa shape index (κ3) is 4.18. The summed E-state index contributed by atoms with van der Waals surface area (Å²) in [6.45, 7) is 5.33. The molecule has 0 spiro atoms. The second kappa shape index (κ2) is 6.08. The molecule has 0 radical (unpaired) electrons. The molecule has 0 saturated carbocycles. The maximum Gasteiger partial charge on any atom is 0.219 e. The van der Waals surface area contributed by atoms with Crippen molar-refractivity contribution < 1.29 is 9.90 Å². The van der Waals surface area contributed by atoms with Crippen LogP contribution >= 0.6 is 0 Å². The molecule has 1 heterocycles. The van der Waals surface area contributed by atoms with Crippen molar-refractivity contribution in [1.29, 1.82) is 0 Å². The van der Waals surface area contributed by atoms with Crippen molar-refractivity contribution in [3.05, 3.63) is 0 Å². The molecule has 1 rings (SSSR count). The molecule has 0 aromatic carbocycles. The Morgan fingerprint density at radius 3 is 2.93 bits per heavy atom. The Kier molecular flexibility index (Phi) is 5.05. The largest absolute Gasteiger partial charge is 0.395 e. The van der Waals surface area contributed by atoms with Gasteiger partial charge in [-0.2, -0.15) is 0 Å². The highest BCUT2D eigenvalue weighted by Crippen LogP contribution is 2.17. The highest BCUT2D eigenvalue weighted by molar-refractivity contribution is 5.73. The minimum absolute atomic E-state index is 0.185.